The average molecular weight is 444 g/mol. The summed E-state index contributed by atoms with van der Waals surface area (Å²) in [6, 6.07) is 14.1. The molecule has 0 unspecified atom stereocenters. The molecule has 154 valence electrons. The number of halogens is 2. The number of nitrogens with zero attached hydrogens (tertiary/aromatic N) is 3. The molecule has 0 aliphatic carbocycles. The van der Waals surface area contributed by atoms with Crippen molar-refractivity contribution in [2.45, 2.75) is 0 Å². The number of hydrogen-bond acceptors (Lipinski definition) is 6. The number of aromatic nitrogens is 2. The first-order valence-electron chi connectivity index (χ1n) is 9.38. The zero-order chi connectivity index (χ0) is 20.9. The second kappa shape index (κ2) is 9.30. The average Bonchev–Trinajstić information content (AvgIpc) is 2.75. The molecular formula is C21H19Cl2N5O2. The van der Waals surface area contributed by atoms with Crippen LogP contribution in [-0.4, -0.2) is 42.2 Å². The number of nitrogens with one attached hydrogen (secondary N) is 2. The van der Waals surface area contributed by atoms with Crippen molar-refractivity contribution in [1.82, 2.24) is 9.97 Å². The minimum atomic E-state index is -0.393. The van der Waals surface area contributed by atoms with Crippen molar-refractivity contribution < 1.29 is 9.53 Å². The standard InChI is InChI=1S/C21H19Cl2N5O2/c22-15-3-1-4-16(23)20(15)21(29)25-14-7-8-24-18(13-14)26-17-5-2-6-19(27-17)28-9-11-30-12-10-28/h1-8,13H,9-12H2,(H2,24,25,26,27,29). The summed E-state index contributed by atoms with van der Waals surface area (Å²) in [5, 5.41) is 6.55. The van der Waals surface area contributed by atoms with E-state index in [9.17, 15) is 4.79 Å². The smallest absolute Gasteiger partial charge is 0.258 e. The number of carbonyl (C=O) groups is 1. The van der Waals surface area contributed by atoms with E-state index in [4.69, 9.17) is 27.9 Å². The molecule has 30 heavy (non-hydrogen) atoms. The van der Waals surface area contributed by atoms with Crippen molar-refractivity contribution in [3.8, 4) is 0 Å². The van der Waals surface area contributed by atoms with Gasteiger partial charge in [-0.1, -0.05) is 35.3 Å². The molecule has 2 aromatic heterocycles. The van der Waals surface area contributed by atoms with Gasteiger partial charge in [0.15, 0.2) is 0 Å². The molecule has 7 nitrogen and oxygen atoms in total. The summed E-state index contributed by atoms with van der Waals surface area (Å²) in [5.41, 5.74) is 0.782. The van der Waals surface area contributed by atoms with Gasteiger partial charge in [-0.2, -0.15) is 0 Å². The lowest BCUT2D eigenvalue weighted by Gasteiger charge is -2.28. The number of carbonyl (C=O) groups excluding carboxylic acids is 1. The Bertz CT molecular complexity index is 1040. The molecule has 1 aliphatic rings. The van der Waals surface area contributed by atoms with Gasteiger partial charge in [0.2, 0.25) is 0 Å². The van der Waals surface area contributed by atoms with Gasteiger partial charge in [0.05, 0.1) is 28.8 Å². The Kier molecular flexibility index (Phi) is 6.32. The van der Waals surface area contributed by atoms with Gasteiger partial charge in [-0.05, 0) is 30.3 Å². The zero-order valence-corrected chi connectivity index (χ0v) is 17.5. The third-order valence-electron chi connectivity index (χ3n) is 4.53. The van der Waals surface area contributed by atoms with Crippen molar-refractivity contribution in [1.29, 1.82) is 0 Å². The van der Waals surface area contributed by atoms with Gasteiger partial charge < -0.3 is 20.3 Å². The van der Waals surface area contributed by atoms with Crippen molar-refractivity contribution in [3.63, 3.8) is 0 Å². The number of pyridine rings is 2. The van der Waals surface area contributed by atoms with Gasteiger partial charge in [0.1, 0.15) is 17.5 Å². The molecule has 9 heteroatoms. The number of rotatable bonds is 5. The number of anilines is 4. The fraction of sp³-hybridized carbons (Fsp3) is 0.190. The third-order valence-corrected chi connectivity index (χ3v) is 5.16. The SMILES string of the molecule is O=C(Nc1ccnc(Nc2cccc(N3CCOCC3)n2)c1)c1c(Cl)cccc1Cl. The van der Waals surface area contributed by atoms with E-state index in [1.807, 2.05) is 18.2 Å². The second-order valence-electron chi connectivity index (χ2n) is 6.59. The Morgan fingerprint density at radius 3 is 2.50 bits per heavy atom. The van der Waals surface area contributed by atoms with E-state index < -0.39 is 5.91 Å². The van der Waals surface area contributed by atoms with Crippen LogP contribution in [0, 0.1) is 0 Å². The topological polar surface area (TPSA) is 79.4 Å². The Balaban J connectivity index is 1.48. The minimum absolute atomic E-state index is 0.229. The molecule has 0 saturated carbocycles. The summed E-state index contributed by atoms with van der Waals surface area (Å²) in [7, 11) is 0. The van der Waals surface area contributed by atoms with Crippen LogP contribution in [0.4, 0.5) is 23.1 Å². The van der Waals surface area contributed by atoms with Crippen LogP contribution in [0.15, 0.2) is 54.7 Å². The van der Waals surface area contributed by atoms with E-state index in [0.29, 0.717) is 30.5 Å². The Labute approximate surface area is 184 Å². The van der Waals surface area contributed by atoms with E-state index in [1.54, 1.807) is 36.5 Å². The number of hydrogen-bond donors (Lipinski definition) is 2. The number of ether oxygens (including phenoxy) is 1. The maximum absolute atomic E-state index is 12.6. The summed E-state index contributed by atoms with van der Waals surface area (Å²) in [5.74, 6) is 1.69. The van der Waals surface area contributed by atoms with Gasteiger partial charge in [-0.25, -0.2) is 9.97 Å². The fourth-order valence-electron chi connectivity index (χ4n) is 3.08. The van der Waals surface area contributed by atoms with E-state index in [0.717, 1.165) is 18.9 Å². The largest absolute Gasteiger partial charge is 0.378 e. The molecule has 1 aromatic carbocycles. The quantitative estimate of drug-likeness (QED) is 0.598. The number of amides is 1. The van der Waals surface area contributed by atoms with Crippen LogP contribution < -0.4 is 15.5 Å². The first-order chi connectivity index (χ1) is 14.6. The van der Waals surface area contributed by atoms with Crippen LogP contribution >= 0.6 is 23.2 Å². The van der Waals surface area contributed by atoms with Gasteiger partial charge in [-0.3, -0.25) is 4.79 Å². The third kappa shape index (κ3) is 4.81. The summed E-state index contributed by atoms with van der Waals surface area (Å²) >= 11 is 12.2. The Morgan fingerprint density at radius 2 is 1.73 bits per heavy atom. The predicted octanol–water partition coefficient (Wildman–Crippen LogP) is 4.62. The van der Waals surface area contributed by atoms with Gasteiger partial charge in [-0.15, -0.1) is 0 Å². The highest BCUT2D eigenvalue weighted by Crippen LogP contribution is 2.26. The van der Waals surface area contributed by atoms with Crippen LogP contribution in [0.3, 0.4) is 0 Å². The molecular weight excluding hydrogens is 425 g/mol. The van der Waals surface area contributed by atoms with Crippen LogP contribution in [-0.2, 0) is 4.74 Å². The predicted molar refractivity (Wildman–Crippen MR) is 119 cm³/mol. The normalized spacial score (nSPS) is 13.7. The van der Waals surface area contributed by atoms with Crippen molar-refractivity contribution >= 4 is 52.3 Å². The summed E-state index contributed by atoms with van der Waals surface area (Å²) in [6.07, 6.45) is 1.60. The van der Waals surface area contributed by atoms with E-state index in [1.165, 1.54) is 0 Å². The summed E-state index contributed by atoms with van der Waals surface area (Å²) in [4.78, 5) is 23.7. The van der Waals surface area contributed by atoms with E-state index >= 15 is 0 Å². The van der Waals surface area contributed by atoms with Crippen molar-refractivity contribution in [2.24, 2.45) is 0 Å². The van der Waals surface area contributed by atoms with Crippen LogP contribution in [0.1, 0.15) is 10.4 Å². The Hall–Kier alpha value is -2.87. The van der Waals surface area contributed by atoms with Crippen LogP contribution in [0.25, 0.3) is 0 Å². The molecule has 1 fully saturated rings. The zero-order valence-electron chi connectivity index (χ0n) is 15.9. The molecule has 0 radical (unpaired) electrons. The van der Waals surface area contributed by atoms with Crippen molar-refractivity contribution in [3.05, 3.63) is 70.3 Å². The van der Waals surface area contributed by atoms with Crippen LogP contribution in [0.2, 0.25) is 10.0 Å². The molecule has 2 N–H and O–H groups in total. The van der Waals surface area contributed by atoms with Gasteiger partial charge >= 0.3 is 0 Å². The van der Waals surface area contributed by atoms with Crippen LogP contribution in [0.5, 0.6) is 0 Å². The van der Waals surface area contributed by atoms with E-state index in [-0.39, 0.29) is 15.6 Å². The highest BCUT2D eigenvalue weighted by atomic mass is 35.5. The lowest BCUT2D eigenvalue weighted by atomic mass is 10.2. The minimum Gasteiger partial charge on any atom is -0.378 e. The summed E-state index contributed by atoms with van der Waals surface area (Å²) < 4.78 is 5.39. The molecule has 1 amide bonds. The summed E-state index contributed by atoms with van der Waals surface area (Å²) in [6.45, 7) is 3.00. The molecule has 4 rings (SSSR count). The molecule has 0 atom stereocenters. The molecule has 0 bridgehead atoms. The maximum Gasteiger partial charge on any atom is 0.258 e. The fourth-order valence-corrected chi connectivity index (χ4v) is 3.65. The van der Waals surface area contributed by atoms with Gasteiger partial charge in [0.25, 0.3) is 5.91 Å². The van der Waals surface area contributed by atoms with E-state index in [2.05, 4.69) is 25.5 Å². The van der Waals surface area contributed by atoms with Gasteiger partial charge in [0, 0.05) is 31.0 Å². The first kappa shape index (κ1) is 20.4. The maximum atomic E-state index is 12.6. The lowest BCUT2D eigenvalue weighted by molar-refractivity contribution is 0.102. The lowest BCUT2D eigenvalue weighted by Crippen LogP contribution is -2.36. The Morgan fingerprint density at radius 1 is 1.00 bits per heavy atom. The first-order valence-corrected chi connectivity index (χ1v) is 10.1. The van der Waals surface area contributed by atoms with Crippen molar-refractivity contribution in [2.75, 3.05) is 41.8 Å². The molecule has 1 aliphatic heterocycles. The monoisotopic (exact) mass is 443 g/mol. The number of benzene rings is 1. The number of morpholine rings is 1. The highest BCUT2D eigenvalue weighted by Gasteiger charge is 2.15. The highest BCUT2D eigenvalue weighted by molar-refractivity contribution is 6.40. The molecule has 3 heterocycles. The molecule has 1 saturated heterocycles. The molecule has 3 aromatic rings. The molecule has 0 spiro atoms. The second-order valence-corrected chi connectivity index (χ2v) is 7.40.